The molecule has 0 saturated carbocycles. The van der Waals surface area contributed by atoms with Gasteiger partial charge in [0, 0.05) is 33.4 Å². The van der Waals surface area contributed by atoms with Gasteiger partial charge in [0.1, 0.15) is 5.54 Å². The van der Waals surface area contributed by atoms with Crippen molar-refractivity contribution in [1.82, 2.24) is 5.01 Å². The maximum absolute atomic E-state index is 14.8. The minimum Gasteiger partial charge on any atom is -0.493 e. The molecule has 0 fully saturated rings. The molecule has 2 aliphatic rings. The summed E-state index contributed by atoms with van der Waals surface area (Å²) in [6.45, 7) is 0. The van der Waals surface area contributed by atoms with Crippen molar-refractivity contribution >= 4 is 17.9 Å². The SMILES string of the molecule is COc1cc2c(cc1OC)C1(c3cc(OC)c(OC)cc3C2=O)c2cc(OC)c(OC)cc2C(=O)N1/N=C/c1cc(OC)c(OC)c(OC)c1. The number of nitrogens with zero attached hydrogens (tertiary/aromatic N) is 2. The van der Waals surface area contributed by atoms with Crippen LogP contribution >= 0.6 is 0 Å². The third-order valence-corrected chi connectivity index (χ3v) is 8.98. The first kappa shape index (κ1) is 33.8. The van der Waals surface area contributed by atoms with Gasteiger partial charge in [0.05, 0.1) is 75.8 Å². The fourth-order valence-electron chi connectivity index (χ4n) is 6.72. The Morgan fingerprint density at radius 1 is 0.480 bits per heavy atom. The number of amides is 1. The monoisotopic (exact) mass is 684 g/mol. The Hall–Kier alpha value is -6.11. The summed E-state index contributed by atoms with van der Waals surface area (Å²) in [5, 5.41) is 6.21. The second-order valence-electron chi connectivity index (χ2n) is 11.1. The molecule has 0 saturated heterocycles. The normalized spacial score (nSPS) is 13.8. The Balaban J connectivity index is 1.76. The average molecular weight is 685 g/mol. The van der Waals surface area contributed by atoms with Crippen LogP contribution in [0.15, 0.2) is 53.6 Å². The molecule has 1 spiro atoms. The number of benzene rings is 4. The zero-order valence-corrected chi connectivity index (χ0v) is 29.1. The number of ether oxygens (including phenoxy) is 9. The highest BCUT2D eigenvalue weighted by Crippen LogP contribution is 2.58. The molecule has 6 rings (SSSR count). The molecule has 50 heavy (non-hydrogen) atoms. The quantitative estimate of drug-likeness (QED) is 0.196. The zero-order chi connectivity index (χ0) is 35.9. The lowest BCUT2D eigenvalue weighted by atomic mass is 9.68. The molecule has 0 unspecified atom stereocenters. The summed E-state index contributed by atoms with van der Waals surface area (Å²) < 4.78 is 50.7. The van der Waals surface area contributed by atoms with Crippen molar-refractivity contribution in [2.75, 3.05) is 64.0 Å². The lowest BCUT2D eigenvalue weighted by Gasteiger charge is -2.42. The molecule has 0 bridgehead atoms. The number of methoxy groups -OCH3 is 9. The van der Waals surface area contributed by atoms with E-state index < -0.39 is 11.4 Å². The van der Waals surface area contributed by atoms with E-state index in [4.69, 9.17) is 47.7 Å². The van der Waals surface area contributed by atoms with Gasteiger partial charge in [-0.2, -0.15) is 5.10 Å². The van der Waals surface area contributed by atoms with Gasteiger partial charge in [-0.15, -0.1) is 0 Å². The van der Waals surface area contributed by atoms with Crippen LogP contribution in [0.5, 0.6) is 51.7 Å². The van der Waals surface area contributed by atoms with Crippen LogP contribution in [0.3, 0.4) is 0 Å². The largest absolute Gasteiger partial charge is 0.493 e. The molecule has 1 aliphatic heterocycles. The summed E-state index contributed by atoms with van der Waals surface area (Å²) in [4.78, 5) is 29.3. The molecule has 1 aliphatic carbocycles. The highest BCUT2D eigenvalue weighted by Gasteiger charge is 2.58. The van der Waals surface area contributed by atoms with Crippen LogP contribution in [-0.2, 0) is 5.54 Å². The lowest BCUT2D eigenvalue weighted by molar-refractivity contribution is 0.0675. The highest BCUT2D eigenvalue weighted by atomic mass is 16.5. The molecule has 0 atom stereocenters. The van der Waals surface area contributed by atoms with Crippen molar-refractivity contribution < 1.29 is 52.2 Å². The third-order valence-electron chi connectivity index (χ3n) is 8.98. The van der Waals surface area contributed by atoms with E-state index in [9.17, 15) is 9.59 Å². The molecular weight excluding hydrogens is 648 g/mol. The van der Waals surface area contributed by atoms with Gasteiger partial charge in [0.25, 0.3) is 5.91 Å². The maximum Gasteiger partial charge on any atom is 0.276 e. The van der Waals surface area contributed by atoms with Crippen LogP contribution in [0.4, 0.5) is 0 Å². The van der Waals surface area contributed by atoms with E-state index in [0.29, 0.717) is 74.0 Å². The van der Waals surface area contributed by atoms with E-state index in [2.05, 4.69) is 0 Å². The molecule has 260 valence electrons. The second-order valence-corrected chi connectivity index (χ2v) is 11.1. The Morgan fingerprint density at radius 2 is 0.840 bits per heavy atom. The van der Waals surface area contributed by atoms with E-state index in [1.54, 1.807) is 48.5 Å². The lowest BCUT2D eigenvalue weighted by Crippen LogP contribution is -2.47. The molecule has 13 heteroatoms. The molecular formula is C37H36N2O11. The van der Waals surface area contributed by atoms with Crippen LogP contribution in [-0.4, -0.2) is 86.9 Å². The fraction of sp³-hybridized carbons (Fsp3) is 0.270. The minimum atomic E-state index is -1.58. The Labute approximate surface area is 288 Å². The molecule has 0 aromatic heterocycles. The summed E-state index contributed by atoms with van der Waals surface area (Å²) in [7, 11) is 13.4. The first-order valence-electron chi connectivity index (χ1n) is 15.2. The molecule has 13 nitrogen and oxygen atoms in total. The van der Waals surface area contributed by atoms with Crippen molar-refractivity contribution in [2.24, 2.45) is 5.10 Å². The van der Waals surface area contributed by atoms with E-state index in [-0.39, 0.29) is 22.5 Å². The van der Waals surface area contributed by atoms with Crippen molar-refractivity contribution in [1.29, 1.82) is 0 Å². The van der Waals surface area contributed by atoms with Gasteiger partial charge in [-0.25, -0.2) is 5.01 Å². The number of carbonyl (C=O) groups excluding carboxylic acids is 2. The fourth-order valence-corrected chi connectivity index (χ4v) is 6.72. The Morgan fingerprint density at radius 3 is 1.22 bits per heavy atom. The van der Waals surface area contributed by atoms with Crippen LogP contribution in [0.25, 0.3) is 0 Å². The van der Waals surface area contributed by atoms with Crippen LogP contribution in [0.1, 0.15) is 48.5 Å². The predicted molar refractivity (Wildman–Crippen MR) is 182 cm³/mol. The van der Waals surface area contributed by atoms with Gasteiger partial charge in [0.15, 0.2) is 51.8 Å². The van der Waals surface area contributed by atoms with Gasteiger partial charge < -0.3 is 42.6 Å². The minimum absolute atomic E-state index is 0.255. The number of fused-ring (bicyclic) bond motifs is 6. The number of carbonyl (C=O) groups is 2. The third kappa shape index (κ3) is 4.79. The predicted octanol–water partition coefficient (Wildman–Crippen LogP) is 5.09. The molecule has 4 aromatic rings. The van der Waals surface area contributed by atoms with Crippen LogP contribution < -0.4 is 42.6 Å². The zero-order valence-electron chi connectivity index (χ0n) is 29.1. The van der Waals surface area contributed by atoms with E-state index in [0.717, 1.165) is 0 Å². The van der Waals surface area contributed by atoms with Crippen LogP contribution in [0.2, 0.25) is 0 Å². The molecule has 0 radical (unpaired) electrons. The summed E-state index contributed by atoms with van der Waals surface area (Å²) in [5.41, 5.74) is 0.998. The first-order valence-corrected chi connectivity index (χ1v) is 15.2. The van der Waals surface area contributed by atoms with E-state index >= 15 is 0 Å². The van der Waals surface area contributed by atoms with Gasteiger partial charge in [0.2, 0.25) is 5.75 Å². The number of hydrogen-bond donors (Lipinski definition) is 0. The molecule has 1 amide bonds. The summed E-state index contributed by atoms with van der Waals surface area (Å²) in [5.74, 6) is 2.34. The van der Waals surface area contributed by atoms with E-state index in [1.807, 2.05) is 0 Å². The molecule has 4 aromatic carbocycles. The van der Waals surface area contributed by atoms with Gasteiger partial charge in [-0.1, -0.05) is 0 Å². The van der Waals surface area contributed by atoms with Gasteiger partial charge >= 0.3 is 0 Å². The Kier molecular flexibility index (Phi) is 8.83. The van der Waals surface area contributed by atoms with Crippen molar-refractivity contribution in [3.63, 3.8) is 0 Å². The highest BCUT2D eigenvalue weighted by molar-refractivity contribution is 6.16. The topological polar surface area (TPSA) is 133 Å². The number of ketones is 1. The number of hydrazone groups is 1. The van der Waals surface area contributed by atoms with E-state index in [1.165, 1.54) is 75.2 Å². The summed E-state index contributed by atoms with van der Waals surface area (Å²) >= 11 is 0. The summed E-state index contributed by atoms with van der Waals surface area (Å²) in [6, 6.07) is 13.3. The molecule has 0 N–H and O–H groups in total. The van der Waals surface area contributed by atoms with Crippen molar-refractivity contribution in [2.45, 2.75) is 5.54 Å². The Bertz CT molecular complexity index is 1970. The summed E-state index contributed by atoms with van der Waals surface area (Å²) in [6.07, 6.45) is 1.50. The number of rotatable bonds is 11. The van der Waals surface area contributed by atoms with Crippen LogP contribution in [0, 0.1) is 0 Å². The van der Waals surface area contributed by atoms with Gasteiger partial charge in [-0.05, 0) is 48.5 Å². The standard InChI is InChI=1S/C37H36N2O11/c1-42-26-12-20-23(15-29(26)45-4)37(24-16-30(46-5)27(43-2)13-21(24)34(20)40)25-17-31(47-6)28(44-3)14-22(25)36(41)39(37)38-18-19-10-32(48-7)35(50-9)33(11-19)49-8/h10-18H,1-9H3/b38-18+. The van der Waals surface area contributed by atoms with Crippen molar-refractivity contribution in [3.05, 3.63) is 87.5 Å². The smallest absolute Gasteiger partial charge is 0.276 e. The second kappa shape index (κ2) is 13.1. The average Bonchev–Trinajstić information content (AvgIpc) is 3.39. The molecule has 1 heterocycles. The first-order chi connectivity index (χ1) is 24.2. The van der Waals surface area contributed by atoms with Crippen molar-refractivity contribution in [3.8, 4) is 51.7 Å². The van der Waals surface area contributed by atoms with Gasteiger partial charge in [-0.3, -0.25) is 9.59 Å². The maximum atomic E-state index is 14.8. The number of hydrogen-bond acceptors (Lipinski definition) is 12.